The minimum atomic E-state index is -5.38. The van der Waals surface area contributed by atoms with Gasteiger partial charge in [0.25, 0.3) is 11.5 Å². The summed E-state index contributed by atoms with van der Waals surface area (Å²) in [6.45, 7) is 2.33. The van der Waals surface area contributed by atoms with Crippen LogP contribution in [0.15, 0.2) is 35.5 Å². The van der Waals surface area contributed by atoms with Crippen LogP contribution in [0.3, 0.4) is 0 Å². The van der Waals surface area contributed by atoms with E-state index < -0.39 is 52.2 Å². The van der Waals surface area contributed by atoms with Crippen molar-refractivity contribution in [2.24, 2.45) is 11.1 Å². The molecule has 0 unspecified atom stereocenters. The number of hydrogen-bond acceptors (Lipinski definition) is 4. The Balaban J connectivity index is 1.35. The molecule has 2 heterocycles. The second-order valence-electron chi connectivity index (χ2n) is 10.2. The Morgan fingerprint density at radius 1 is 1.10 bits per heavy atom. The fourth-order valence-corrected chi connectivity index (χ4v) is 5.00. The standard InChI is InChI=1S/C26H21ClF7N3O3/c1-12-6-14(4-5-17(12)22(38)35-16-10-37(11-16)23(39)13-2-3-13)20-9-24(40-36-20,26(32,33)34)18-7-15(25(29,30)31)8-19(27)21(18)28/h4-8,13,16H,2-3,9-11H2,1H3,(H,35,38)/t24-/m1/s1. The van der Waals surface area contributed by atoms with Crippen molar-refractivity contribution in [3.05, 3.63) is 69.0 Å². The van der Waals surface area contributed by atoms with Crippen molar-refractivity contribution in [1.29, 1.82) is 0 Å². The van der Waals surface area contributed by atoms with Gasteiger partial charge < -0.3 is 15.1 Å². The average Bonchev–Trinajstić information content (AvgIpc) is 3.58. The van der Waals surface area contributed by atoms with Gasteiger partial charge in [0.2, 0.25) is 5.91 Å². The Labute approximate surface area is 228 Å². The van der Waals surface area contributed by atoms with Gasteiger partial charge in [-0.05, 0) is 55.2 Å². The van der Waals surface area contributed by atoms with Crippen molar-refractivity contribution in [3.63, 3.8) is 0 Å². The van der Waals surface area contributed by atoms with E-state index in [0.717, 1.165) is 12.8 Å². The van der Waals surface area contributed by atoms with Crippen LogP contribution >= 0.6 is 11.6 Å². The van der Waals surface area contributed by atoms with E-state index in [1.807, 2.05) is 0 Å². The molecule has 1 saturated heterocycles. The maximum atomic E-state index is 14.8. The minimum absolute atomic E-state index is 0.0195. The summed E-state index contributed by atoms with van der Waals surface area (Å²) in [5.41, 5.74) is -6.19. The number of hydrogen-bond donors (Lipinski definition) is 1. The number of nitrogens with zero attached hydrogens (tertiary/aromatic N) is 2. The molecule has 1 atom stereocenters. The summed E-state index contributed by atoms with van der Waals surface area (Å²) >= 11 is 5.53. The van der Waals surface area contributed by atoms with Gasteiger partial charge in [-0.1, -0.05) is 22.8 Å². The van der Waals surface area contributed by atoms with Crippen LogP contribution in [-0.2, 0) is 21.4 Å². The number of halogens is 8. The second-order valence-corrected chi connectivity index (χ2v) is 10.6. The number of oxime groups is 1. The van der Waals surface area contributed by atoms with Gasteiger partial charge in [0.05, 0.1) is 28.8 Å². The monoisotopic (exact) mass is 591 g/mol. The first kappa shape index (κ1) is 28.2. The van der Waals surface area contributed by atoms with Gasteiger partial charge in [0.1, 0.15) is 5.82 Å². The number of likely N-dealkylation sites (tertiary alicyclic amines) is 1. The van der Waals surface area contributed by atoms with Crippen molar-refractivity contribution in [1.82, 2.24) is 10.2 Å². The molecule has 5 rings (SSSR count). The van der Waals surface area contributed by atoms with E-state index in [2.05, 4.69) is 10.5 Å². The summed E-state index contributed by atoms with van der Waals surface area (Å²) in [7, 11) is 0. The lowest BCUT2D eigenvalue weighted by Crippen LogP contribution is -2.61. The van der Waals surface area contributed by atoms with Crippen LogP contribution in [0.25, 0.3) is 0 Å². The second kappa shape index (κ2) is 9.64. The maximum absolute atomic E-state index is 14.8. The maximum Gasteiger partial charge on any atom is 0.435 e. The molecular weight excluding hydrogens is 571 g/mol. The molecule has 214 valence electrons. The predicted molar refractivity (Wildman–Crippen MR) is 128 cm³/mol. The Bertz CT molecular complexity index is 1420. The molecule has 0 bridgehead atoms. The largest absolute Gasteiger partial charge is 0.435 e. The molecule has 0 aromatic heterocycles. The van der Waals surface area contributed by atoms with Gasteiger partial charge >= 0.3 is 12.4 Å². The quantitative estimate of drug-likeness (QED) is 0.451. The molecule has 2 fully saturated rings. The lowest BCUT2D eigenvalue weighted by atomic mass is 9.85. The third kappa shape index (κ3) is 4.99. The number of carbonyl (C=O) groups is 2. The van der Waals surface area contributed by atoms with Gasteiger partial charge in [0.15, 0.2) is 0 Å². The molecule has 2 amide bonds. The molecule has 40 heavy (non-hydrogen) atoms. The number of benzene rings is 2. The van der Waals surface area contributed by atoms with Crippen LogP contribution in [-0.4, -0.2) is 47.7 Å². The highest BCUT2D eigenvalue weighted by atomic mass is 35.5. The SMILES string of the molecule is Cc1cc(C2=NO[C@](c3cc(C(F)(F)F)cc(Cl)c3F)(C(F)(F)F)C2)ccc1C(=O)NC1CN(C(=O)C2CC2)C1. The molecule has 0 radical (unpaired) electrons. The lowest BCUT2D eigenvalue weighted by Gasteiger charge is -2.39. The van der Waals surface area contributed by atoms with E-state index in [-0.39, 0.29) is 46.8 Å². The van der Waals surface area contributed by atoms with E-state index >= 15 is 0 Å². The molecule has 2 aliphatic heterocycles. The third-order valence-corrected chi connectivity index (χ3v) is 7.51. The fourth-order valence-electron chi connectivity index (χ4n) is 4.78. The number of rotatable bonds is 5. The molecule has 3 aliphatic rings. The number of alkyl halides is 6. The summed E-state index contributed by atoms with van der Waals surface area (Å²) in [5.74, 6) is -2.00. The van der Waals surface area contributed by atoms with Crippen molar-refractivity contribution in [2.75, 3.05) is 13.1 Å². The van der Waals surface area contributed by atoms with E-state index in [1.54, 1.807) is 11.8 Å². The van der Waals surface area contributed by atoms with Crippen molar-refractivity contribution < 1.29 is 45.2 Å². The Morgan fingerprint density at radius 2 is 1.77 bits per heavy atom. The number of amides is 2. The fraction of sp³-hybridized carbons (Fsp3) is 0.423. The molecule has 1 saturated carbocycles. The van der Waals surface area contributed by atoms with Gasteiger partial charge in [-0.3, -0.25) is 9.59 Å². The molecule has 1 aliphatic carbocycles. The molecule has 2 aromatic carbocycles. The number of carbonyl (C=O) groups excluding carboxylic acids is 2. The van der Waals surface area contributed by atoms with Crippen LogP contribution in [0.2, 0.25) is 5.02 Å². The summed E-state index contributed by atoms with van der Waals surface area (Å²) in [5, 5.41) is 5.12. The van der Waals surface area contributed by atoms with E-state index in [9.17, 15) is 40.3 Å². The molecule has 6 nitrogen and oxygen atoms in total. The summed E-state index contributed by atoms with van der Waals surface area (Å²) in [6.07, 6.45) is -9.86. The summed E-state index contributed by atoms with van der Waals surface area (Å²) in [4.78, 5) is 31.2. The highest BCUT2D eigenvalue weighted by Crippen LogP contribution is 2.51. The van der Waals surface area contributed by atoms with Gasteiger partial charge in [0, 0.05) is 30.1 Å². The first-order valence-electron chi connectivity index (χ1n) is 12.2. The zero-order chi connectivity index (χ0) is 29.2. The number of nitrogens with one attached hydrogen (secondary N) is 1. The van der Waals surface area contributed by atoms with Gasteiger partial charge in [-0.2, -0.15) is 26.3 Å². The molecular formula is C26H21ClF7N3O3. The molecule has 14 heteroatoms. The van der Waals surface area contributed by atoms with Gasteiger partial charge in [-0.15, -0.1) is 0 Å². The first-order chi connectivity index (χ1) is 18.6. The van der Waals surface area contributed by atoms with Crippen LogP contribution in [0.1, 0.15) is 51.9 Å². The normalized spacial score (nSPS) is 21.5. The zero-order valence-electron chi connectivity index (χ0n) is 20.7. The van der Waals surface area contributed by atoms with Crippen LogP contribution in [0, 0.1) is 18.7 Å². The summed E-state index contributed by atoms with van der Waals surface area (Å²) in [6, 6.07) is 4.04. The smallest absolute Gasteiger partial charge is 0.374 e. The lowest BCUT2D eigenvalue weighted by molar-refractivity contribution is -0.276. The van der Waals surface area contributed by atoms with Crippen LogP contribution < -0.4 is 5.32 Å². The average molecular weight is 592 g/mol. The topological polar surface area (TPSA) is 71.0 Å². The number of aryl methyl sites for hydroxylation is 1. The summed E-state index contributed by atoms with van der Waals surface area (Å²) < 4.78 is 97.5. The van der Waals surface area contributed by atoms with Gasteiger partial charge in [-0.25, -0.2) is 4.39 Å². The van der Waals surface area contributed by atoms with Crippen LogP contribution in [0.4, 0.5) is 30.7 Å². The first-order valence-corrected chi connectivity index (χ1v) is 12.6. The van der Waals surface area contributed by atoms with E-state index in [1.165, 1.54) is 18.2 Å². The Morgan fingerprint density at radius 3 is 2.35 bits per heavy atom. The highest BCUT2D eigenvalue weighted by Gasteiger charge is 2.64. The zero-order valence-corrected chi connectivity index (χ0v) is 21.5. The van der Waals surface area contributed by atoms with E-state index in [4.69, 9.17) is 16.4 Å². The molecule has 1 N–H and O–H groups in total. The van der Waals surface area contributed by atoms with Crippen LogP contribution in [0.5, 0.6) is 0 Å². The molecule has 2 aromatic rings. The molecule has 0 spiro atoms. The predicted octanol–water partition coefficient (Wildman–Crippen LogP) is 5.74. The highest BCUT2D eigenvalue weighted by molar-refractivity contribution is 6.30. The minimum Gasteiger partial charge on any atom is -0.374 e. The Kier molecular flexibility index (Phi) is 6.79. The van der Waals surface area contributed by atoms with E-state index in [0.29, 0.717) is 18.7 Å². The van der Waals surface area contributed by atoms with Crippen molar-refractivity contribution in [3.8, 4) is 0 Å². The van der Waals surface area contributed by atoms with Crippen molar-refractivity contribution in [2.45, 2.75) is 50.2 Å². The van der Waals surface area contributed by atoms with Crippen molar-refractivity contribution >= 4 is 29.1 Å². The Hall–Kier alpha value is -3.35. The third-order valence-electron chi connectivity index (χ3n) is 7.24.